The first kappa shape index (κ1) is 18.1. The van der Waals surface area contributed by atoms with Gasteiger partial charge in [-0.05, 0) is 49.3 Å². The van der Waals surface area contributed by atoms with Crippen LogP contribution in [0.1, 0.15) is 65.7 Å². The number of carbonyl (C=O) groups excluding carboxylic acids is 1. The van der Waals surface area contributed by atoms with E-state index in [2.05, 4.69) is 37.3 Å². The molecule has 1 aliphatic heterocycles. The van der Waals surface area contributed by atoms with Gasteiger partial charge >= 0.3 is 0 Å². The van der Waals surface area contributed by atoms with E-state index in [4.69, 9.17) is 0 Å². The normalized spacial score (nSPS) is 21.1. The third-order valence-corrected chi connectivity index (χ3v) is 6.17. The van der Waals surface area contributed by atoms with Crippen LogP contribution in [0.2, 0.25) is 0 Å². The van der Waals surface area contributed by atoms with Gasteiger partial charge in [-0.1, -0.05) is 13.8 Å². The second-order valence-corrected chi connectivity index (χ2v) is 8.05. The zero-order valence-corrected chi connectivity index (χ0v) is 16.2. The molecule has 0 aromatic carbocycles. The highest BCUT2D eigenvalue weighted by atomic mass is 32.1. The van der Waals surface area contributed by atoms with Gasteiger partial charge in [0, 0.05) is 30.4 Å². The molecule has 2 aromatic rings. The first-order valence-corrected chi connectivity index (χ1v) is 9.89. The molecule has 1 fully saturated rings. The molecule has 1 N–H and O–H groups in total. The van der Waals surface area contributed by atoms with E-state index in [1.165, 1.54) is 10.4 Å². The lowest BCUT2D eigenvalue weighted by Crippen LogP contribution is -2.46. The van der Waals surface area contributed by atoms with Gasteiger partial charge in [-0.2, -0.15) is 5.10 Å². The van der Waals surface area contributed by atoms with Crippen LogP contribution in [0.5, 0.6) is 0 Å². The average molecular weight is 362 g/mol. The number of aliphatic hydroxyl groups is 1. The summed E-state index contributed by atoms with van der Waals surface area (Å²) in [5.74, 6) is 0.394. The average Bonchev–Trinajstić information content (AvgIpc) is 3.20. The lowest BCUT2D eigenvalue weighted by Gasteiger charge is -2.36. The summed E-state index contributed by atoms with van der Waals surface area (Å²) in [5.41, 5.74) is 2.80. The van der Waals surface area contributed by atoms with Crippen LogP contribution in [0.3, 0.4) is 0 Å². The van der Waals surface area contributed by atoms with Crippen LogP contribution in [0, 0.1) is 6.92 Å². The smallest absolute Gasteiger partial charge is 0.272 e. The van der Waals surface area contributed by atoms with Gasteiger partial charge in [0.1, 0.15) is 5.69 Å². The van der Waals surface area contributed by atoms with Crippen molar-refractivity contribution in [2.45, 2.75) is 58.6 Å². The lowest BCUT2D eigenvalue weighted by atomic mass is 9.90. The first-order valence-electron chi connectivity index (χ1n) is 9.01. The third-order valence-electron chi connectivity index (χ3n) is 5.02. The highest BCUT2D eigenvalue weighted by Gasteiger charge is 2.34. The van der Waals surface area contributed by atoms with Gasteiger partial charge in [0.05, 0.1) is 11.8 Å². The van der Waals surface area contributed by atoms with E-state index in [1.54, 1.807) is 20.9 Å². The number of aliphatic hydroxyl groups excluding tert-OH is 1. The van der Waals surface area contributed by atoms with Gasteiger partial charge in [0.15, 0.2) is 0 Å². The molecule has 0 saturated carbocycles. The molecular formula is C19H27N3O2S. The van der Waals surface area contributed by atoms with Crippen LogP contribution in [0.25, 0.3) is 0 Å². The van der Waals surface area contributed by atoms with Crippen molar-refractivity contribution in [3.05, 3.63) is 39.3 Å². The molecule has 2 aromatic heterocycles. The van der Waals surface area contributed by atoms with Crippen molar-refractivity contribution in [3.63, 3.8) is 0 Å². The van der Waals surface area contributed by atoms with Crippen molar-refractivity contribution in [1.82, 2.24) is 14.7 Å². The maximum Gasteiger partial charge on any atom is 0.272 e. The van der Waals surface area contributed by atoms with Crippen LogP contribution in [0.15, 0.2) is 17.5 Å². The summed E-state index contributed by atoms with van der Waals surface area (Å²) in [5, 5.41) is 17.3. The predicted molar refractivity (Wildman–Crippen MR) is 100 cm³/mol. The maximum atomic E-state index is 13.0. The molecule has 2 atom stereocenters. The molecule has 0 radical (unpaired) electrons. The number of amides is 1. The second kappa shape index (κ2) is 7.30. The van der Waals surface area contributed by atoms with Crippen LogP contribution in [0.4, 0.5) is 0 Å². The van der Waals surface area contributed by atoms with Crippen molar-refractivity contribution in [3.8, 4) is 0 Å². The number of thiophene rings is 1. The minimum atomic E-state index is -0.516. The number of piperidine rings is 1. The quantitative estimate of drug-likeness (QED) is 0.908. The summed E-state index contributed by atoms with van der Waals surface area (Å²) in [7, 11) is 0. The number of aromatic nitrogens is 2. The standard InChI is InChI=1S/C19H27N3O2S/c1-5-22-16(10-15(20-22)12(2)3)19(24)21-8-6-14(17(23)11-21)18-13(4)7-9-25-18/h7,9-10,12,14,17,23H,5-6,8,11H2,1-4H3/t14-,17-/m1/s1. The second-order valence-electron chi connectivity index (χ2n) is 7.11. The number of β-amino-alcohol motifs (C(OH)–C–C–N with tert-alkyl or cyclic N) is 1. The number of carbonyl (C=O) groups is 1. The largest absolute Gasteiger partial charge is 0.391 e. The van der Waals surface area contributed by atoms with Gasteiger partial charge in [0.2, 0.25) is 0 Å². The Balaban J connectivity index is 1.76. The highest BCUT2D eigenvalue weighted by Crippen LogP contribution is 2.34. The van der Waals surface area contributed by atoms with Crippen molar-refractivity contribution in [2.75, 3.05) is 13.1 Å². The van der Waals surface area contributed by atoms with E-state index in [0.29, 0.717) is 25.3 Å². The van der Waals surface area contributed by atoms with E-state index < -0.39 is 6.10 Å². The Labute approximate surface area is 153 Å². The maximum absolute atomic E-state index is 13.0. The Morgan fingerprint density at radius 2 is 2.24 bits per heavy atom. The Kier molecular flexibility index (Phi) is 5.29. The molecule has 1 amide bonds. The van der Waals surface area contributed by atoms with Crippen molar-refractivity contribution >= 4 is 17.2 Å². The molecule has 0 spiro atoms. The molecule has 0 unspecified atom stereocenters. The first-order chi connectivity index (χ1) is 11.9. The fourth-order valence-corrected chi connectivity index (χ4v) is 4.60. The van der Waals surface area contributed by atoms with Crippen LogP contribution < -0.4 is 0 Å². The van der Waals surface area contributed by atoms with E-state index in [-0.39, 0.29) is 17.7 Å². The summed E-state index contributed by atoms with van der Waals surface area (Å²) in [4.78, 5) is 16.0. The van der Waals surface area contributed by atoms with Gasteiger partial charge in [-0.3, -0.25) is 9.48 Å². The van der Waals surface area contributed by atoms with Crippen LogP contribution >= 0.6 is 11.3 Å². The van der Waals surface area contributed by atoms with E-state index >= 15 is 0 Å². The Bertz CT molecular complexity index is 750. The minimum absolute atomic E-state index is 0.0262. The van der Waals surface area contributed by atoms with Gasteiger partial charge < -0.3 is 10.0 Å². The lowest BCUT2D eigenvalue weighted by molar-refractivity contribution is 0.0378. The topological polar surface area (TPSA) is 58.4 Å². The number of likely N-dealkylation sites (tertiary alicyclic amines) is 1. The highest BCUT2D eigenvalue weighted by molar-refractivity contribution is 7.10. The van der Waals surface area contributed by atoms with Gasteiger partial charge in [-0.25, -0.2) is 0 Å². The Morgan fingerprint density at radius 1 is 1.48 bits per heavy atom. The third kappa shape index (κ3) is 3.51. The van der Waals surface area contributed by atoms with Gasteiger partial charge in [-0.15, -0.1) is 11.3 Å². The Morgan fingerprint density at radius 3 is 2.80 bits per heavy atom. The van der Waals surface area contributed by atoms with Crippen LogP contribution in [-0.2, 0) is 6.54 Å². The Hall–Kier alpha value is -1.66. The molecule has 6 heteroatoms. The molecule has 3 heterocycles. The van der Waals surface area contributed by atoms with E-state index in [0.717, 1.165) is 12.1 Å². The molecule has 1 saturated heterocycles. The van der Waals surface area contributed by atoms with Crippen molar-refractivity contribution in [2.24, 2.45) is 0 Å². The molecule has 1 aliphatic rings. The molecule has 136 valence electrons. The van der Waals surface area contributed by atoms with Crippen molar-refractivity contribution < 1.29 is 9.90 Å². The summed E-state index contributed by atoms with van der Waals surface area (Å²) < 4.78 is 1.78. The molecule has 0 aliphatic carbocycles. The van der Waals surface area contributed by atoms with E-state index in [1.807, 2.05) is 13.0 Å². The van der Waals surface area contributed by atoms with Crippen molar-refractivity contribution in [1.29, 1.82) is 0 Å². The number of nitrogens with zero attached hydrogens (tertiary/aromatic N) is 3. The summed E-state index contributed by atoms with van der Waals surface area (Å²) in [6.45, 7) is 9.96. The fourth-order valence-electron chi connectivity index (χ4n) is 3.48. The summed E-state index contributed by atoms with van der Waals surface area (Å²) in [6, 6.07) is 4.00. The minimum Gasteiger partial charge on any atom is -0.391 e. The number of rotatable bonds is 4. The molecule has 25 heavy (non-hydrogen) atoms. The monoisotopic (exact) mass is 361 g/mol. The predicted octanol–water partition coefficient (Wildman–Crippen LogP) is 3.39. The molecule has 5 nitrogen and oxygen atoms in total. The zero-order valence-electron chi connectivity index (χ0n) is 15.4. The molecular weight excluding hydrogens is 334 g/mol. The molecule has 3 rings (SSSR count). The summed E-state index contributed by atoms with van der Waals surface area (Å²) in [6.07, 6.45) is 0.281. The van der Waals surface area contributed by atoms with Crippen LogP contribution in [-0.4, -0.2) is 44.9 Å². The summed E-state index contributed by atoms with van der Waals surface area (Å²) >= 11 is 1.70. The fraction of sp³-hybridized carbons (Fsp3) is 0.579. The SMILES string of the molecule is CCn1nc(C(C)C)cc1C(=O)N1CC[C@@H](c2sccc2C)[C@H](O)C1. The number of hydrogen-bond acceptors (Lipinski definition) is 4. The number of aryl methyl sites for hydroxylation is 2. The number of hydrogen-bond donors (Lipinski definition) is 1. The van der Waals surface area contributed by atoms with Gasteiger partial charge in [0.25, 0.3) is 5.91 Å². The molecule has 0 bridgehead atoms. The zero-order chi connectivity index (χ0) is 18.1. The van der Waals surface area contributed by atoms with E-state index in [9.17, 15) is 9.90 Å².